The predicted octanol–water partition coefficient (Wildman–Crippen LogP) is 6.25. The van der Waals surface area contributed by atoms with Gasteiger partial charge in [-0.05, 0) is 0 Å². The first-order chi connectivity index (χ1) is 12.1. The second kappa shape index (κ2) is 10.7. The van der Waals surface area contributed by atoms with E-state index in [0.717, 1.165) is 0 Å². The summed E-state index contributed by atoms with van der Waals surface area (Å²) in [5, 5.41) is 0. The molecule has 0 fully saturated rings. The Labute approximate surface area is 190 Å². The second-order valence-corrected chi connectivity index (χ2v) is 26.7. The van der Waals surface area contributed by atoms with Crippen LogP contribution < -0.4 is 5.79 Å². The average molecular weight is 600 g/mol. The third kappa shape index (κ3) is 9.97. The van der Waals surface area contributed by atoms with Crippen LogP contribution in [0.5, 0.6) is 0 Å². The molecule has 0 spiro atoms. The fourth-order valence-electron chi connectivity index (χ4n) is 2.85. The summed E-state index contributed by atoms with van der Waals surface area (Å²) in [6.07, 6.45) is 8.13. The van der Waals surface area contributed by atoms with E-state index in [9.17, 15) is 0 Å². The summed E-state index contributed by atoms with van der Waals surface area (Å²) in [7, 11) is 0. The Bertz CT molecular complexity index is 598. The monoisotopic (exact) mass is 602 g/mol. The van der Waals surface area contributed by atoms with Crippen molar-refractivity contribution in [2.45, 2.75) is 86.9 Å². The Morgan fingerprint density at radius 1 is 0.615 bits per heavy atom. The van der Waals surface area contributed by atoms with Crippen molar-refractivity contribution in [3.8, 4) is 0 Å². The fraction of sp³-hybridized carbons (Fsp3) is 0.636. The molecule has 0 saturated carbocycles. The van der Waals surface area contributed by atoms with E-state index in [1.165, 1.54) is 38.5 Å². The van der Waals surface area contributed by atoms with Crippen LogP contribution in [0.25, 0.3) is 0 Å². The van der Waals surface area contributed by atoms with Crippen molar-refractivity contribution in [3.05, 3.63) is 34.0 Å². The molecule has 0 amide bonds. The summed E-state index contributed by atoms with van der Waals surface area (Å²) in [5.41, 5.74) is 0. The Morgan fingerprint density at radius 2 is 1.00 bits per heavy atom. The molecule has 0 atom stereocenters. The number of rotatable bonds is 9. The third-order valence-electron chi connectivity index (χ3n) is 3.92. The fourth-order valence-corrected chi connectivity index (χ4v) is 17.0. The first kappa shape index (κ1) is 23.3. The van der Waals surface area contributed by atoms with E-state index in [1.54, 1.807) is 15.5 Å². The van der Waals surface area contributed by atoms with Crippen LogP contribution >= 0.6 is 22.7 Å². The summed E-state index contributed by atoms with van der Waals surface area (Å²) < 4.78 is 4.60. The average Bonchev–Trinajstić information content (AvgIpc) is 3.09. The van der Waals surface area contributed by atoms with Gasteiger partial charge in [0.1, 0.15) is 0 Å². The van der Waals surface area contributed by atoms with Gasteiger partial charge in [0, 0.05) is 0 Å². The van der Waals surface area contributed by atoms with Crippen LogP contribution in [0.2, 0.25) is 6.86 Å². The van der Waals surface area contributed by atoms with Crippen molar-refractivity contribution in [2.75, 3.05) is 0 Å². The molecule has 4 heteroatoms. The maximum atomic E-state index is 2.42. The zero-order valence-electron chi connectivity index (χ0n) is 17.4. The Balaban J connectivity index is 1.60. The predicted molar refractivity (Wildman–Crippen MR) is 125 cm³/mol. The van der Waals surface area contributed by atoms with Gasteiger partial charge >= 0.3 is 192 Å². The molecule has 0 bridgehead atoms. The van der Waals surface area contributed by atoms with Gasteiger partial charge in [-0.3, -0.25) is 0 Å². The summed E-state index contributed by atoms with van der Waals surface area (Å²) in [5.74, 6) is 0. The summed E-state index contributed by atoms with van der Waals surface area (Å²) in [6.45, 7) is 14.4. The molecule has 0 N–H and O–H groups in total. The van der Waals surface area contributed by atoms with Gasteiger partial charge < -0.3 is 0 Å². The van der Waals surface area contributed by atoms with Crippen LogP contribution in [-0.2, 0) is 12.8 Å². The first-order valence-corrected chi connectivity index (χ1v) is 17.2. The minimum absolute atomic E-state index is 0.399. The Kier molecular flexibility index (Phi) is 9.56. The van der Waals surface area contributed by atoms with Crippen molar-refractivity contribution < 1.29 is 0 Å². The number of unbranched alkanes of at least 4 members (excludes halogenated alkanes) is 3. The third-order valence-corrected chi connectivity index (χ3v) is 15.6. The van der Waals surface area contributed by atoms with Gasteiger partial charge in [-0.15, -0.1) is 0 Å². The van der Waals surface area contributed by atoms with Gasteiger partial charge in [0.05, 0.1) is 0 Å². The molecule has 2 rings (SSSR count). The van der Waals surface area contributed by atoms with Crippen LogP contribution in [-0.4, -0.2) is 42.3 Å². The van der Waals surface area contributed by atoms with Crippen LogP contribution in [0.4, 0.5) is 0 Å². The van der Waals surface area contributed by atoms with E-state index >= 15 is 0 Å². The molecule has 0 saturated heterocycles. The van der Waals surface area contributed by atoms with Crippen molar-refractivity contribution >= 4 is 70.7 Å². The summed E-state index contributed by atoms with van der Waals surface area (Å²) in [6, 6.07) is 9.65. The molecule has 0 aliphatic carbocycles. The molecular weight excluding hydrogens is 566 g/mol. The van der Waals surface area contributed by atoms with E-state index in [0.29, 0.717) is 6.86 Å². The molecule has 26 heavy (non-hydrogen) atoms. The zero-order chi connectivity index (χ0) is 19.2. The van der Waals surface area contributed by atoms with Crippen molar-refractivity contribution in [1.82, 2.24) is 0 Å². The molecule has 2 aromatic rings. The molecule has 0 unspecified atom stereocenters. The standard InChI is InChI=1S/C14H16S2.2C4H9.2Sn/c1(3-7-13-9-5-11-15-13)2-4-8-14-10-6-12-16-14;2*1-4(2)3;;/h5-6,9-10H,1-4,7-8H2;2*1-3H3;;. The van der Waals surface area contributed by atoms with Crippen LogP contribution in [0.1, 0.15) is 77.0 Å². The number of hydrogen-bond acceptors (Lipinski definition) is 2. The molecule has 0 nitrogen and oxygen atoms in total. The van der Waals surface area contributed by atoms with E-state index < -0.39 is 42.3 Å². The molecular formula is C22H34S2Sn2. The molecule has 4 radical (unpaired) electrons. The van der Waals surface area contributed by atoms with Crippen LogP contribution in [0.3, 0.4) is 0 Å². The summed E-state index contributed by atoms with van der Waals surface area (Å²) >= 11 is 3.42. The topological polar surface area (TPSA) is 0 Å². The van der Waals surface area contributed by atoms with E-state index in [-0.39, 0.29) is 0 Å². The first-order valence-electron chi connectivity index (χ1n) is 9.84. The van der Waals surface area contributed by atoms with Gasteiger partial charge in [-0.2, -0.15) is 0 Å². The van der Waals surface area contributed by atoms with Gasteiger partial charge in [0.2, 0.25) is 0 Å². The van der Waals surface area contributed by atoms with Gasteiger partial charge in [-0.25, -0.2) is 0 Å². The van der Waals surface area contributed by atoms with Gasteiger partial charge in [0.25, 0.3) is 0 Å². The SMILES string of the molecule is C[C](C)(C)[Sn][c]1ccc(CCCCCCc2cc[c]([Sn][C](C)(C)C)s2)s1. The van der Waals surface area contributed by atoms with Gasteiger partial charge in [0.15, 0.2) is 0 Å². The van der Waals surface area contributed by atoms with E-state index in [4.69, 9.17) is 0 Å². The minimum atomic E-state index is -0.399. The number of thiophene rings is 2. The Morgan fingerprint density at radius 3 is 1.35 bits per heavy atom. The molecule has 0 aliphatic rings. The number of aryl methyl sites for hydroxylation is 2. The van der Waals surface area contributed by atoms with Crippen molar-refractivity contribution in [2.24, 2.45) is 0 Å². The quantitative estimate of drug-likeness (QED) is 0.236. The zero-order valence-corrected chi connectivity index (χ0v) is 24.7. The van der Waals surface area contributed by atoms with Crippen molar-refractivity contribution in [1.29, 1.82) is 0 Å². The van der Waals surface area contributed by atoms with Crippen LogP contribution in [0, 0.1) is 0 Å². The molecule has 0 aromatic carbocycles. The maximum absolute atomic E-state index is 2.42. The van der Waals surface area contributed by atoms with Crippen LogP contribution in [0.15, 0.2) is 24.3 Å². The van der Waals surface area contributed by atoms with Crippen molar-refractivity contribution in [3.63, 3.8) is 0 Å². The van der Waals surface area contributed by atoms with Gasteiger partial charge in [-0.1, -0.05) is 0 Å². The molecule has 142 valence electrons. The van der Waals surface area contributed by atoms with E-state index in [1.807, 2.05) is 0 Å². The van der Waals surface area contributed by atoms with E-state index in [2.05, 4.69) is 88.5 Å². The number of hydrogen-bond donors (Lipinski definition) is 0. The molecule has 0 aliphatic heterocycles. The molecule has 2 aromatic heterocycles. The summed E-state index contributed by atoms with van der Waals surface area (Å²) in [4.78, 5) is 3.25. The second-order valence-electron chi connectivity index (χ2n) is 9.20. The normalized spacial score (nSPS) is 12.7. The Hall–Kier alpha value is 0.997. The molecule has 2 heterocycles.